The molecule has 10 heteroatoms. The molecule has 0 radical (unpaired) electrons. The summed E-state index contributed by atoms with van der Waals surface area (Å²) >= 11 is 0. The fourth-order valence-electron chi connectivity index (χ4n) is 2.24. The molecule has 0 atom stereocenters. The van der Waals surface area contributed by atoms with Crippen LogP contribution in [0, 0.1) is 6.92 Å². The van der Waals surface area contributed by atoms with Crippen LogP contribution in [0.25, 0.3) is 0 Å². The van der Waals surface area contributed by atoms with Crippen molar-refractivity contribution >= 4 is 16.0 Å². The number of rotatable bonds is 7. The second kappa shape index (κ2) is 5.78. The second-order valence-corrected chi connectivity index (χ2v) is 7.16. The molecule has 1 aliphatic carbocycles. The van der Waals surface area contributed by atoms with Gasteiger partial charge >= 0.3 is 5.97 Å². The monoisotopic (exact) mass is 340 g/mol. The molecule has 0 aromatic carbocycles. The smallest absolute Gasteiger partial charge is 0.340 e. The van der Waals surface area contributed by atoms with E-state index >= 15 is 0 Å². The van der Waals surface area contributed by atoms with Crippen molar-refractivity contribution in [1.82, 2.24) is 20.1 Å². The zero-order chi connectivity index (χ0) is 16.6. The van der Waals surface area contributed by atoms with Crippen molar-refractivity contribution in [3.63, 3.8) is 0 Å². The summed E-state index contributed by atoms with van der Waals surface area (Å²) in [6, 6.07) is 1.83. The van der Waals surface area contributed by atoms with Crippen LogP contribution >= 0.6 is 0 Å². The second-order valence-electron chi connectivity index (χ2n) is 5.48. The number of carbonyl (C=O) groups is 1. The third kappa shape index (κ3) is 3.27. The van der Waals surface area contributed by atoms with E-state index in [0.29, 0.717) is 18.0 Å². The first-order valence-electron chi connectivity index (χ1n) is 7.12. The lowest BCUT2D eigenvalue weighted by Gasteiger charge is -2.04. The number of aromatic amines is 1. The third-order valence-corrected chi connectivity index (χ3v) is 5.00. The van der Waals surface area contributed by atoms with E-state index in [9.17, 15) is 13.2 Å². The van der Waals surface area contributed by atoms with Gasteiger partial charge in [0.2, 0.25) is 5.03 Å². The normalized spacial score (nSPS) is 15.0. The summed E-state index contributed by atoms with van der Waals surface area (Å²) in [6.45, 7) is 1.52. The molecule has 1 saturated carbocycles. The standard InChI is InChI=1S/C13H16N4O5S/c1-7-11(13(18)19)12(16-15-7)23(20,21)14-5-4-9-6-10(22-17-9)8-2-3-8/h6,8,14H,2-5H2,1H3,(H,15,16)(H,18,19). The van der Waals surface area contributed by atoms with Gasteiger partial charge in [0.15, 0.2) is 0 Å². The summed E-state index contributed by atoms with van der Waals surface area (Å²) < 4.78 is 31.9. The summed E-state index contributed by atoms with van der Waals surface area (Å²) in [7, 11) is -4.01. The molecule has 23 heavy (non-hydrogen) atoms. The Hall–Kier alpha value is -2.20. The highest BCUT2D eigenvalue weighted by Crippen LogP contribution is 2.40. The predicted octanol–water partition coefficient (Wildman–Crippen LogP) is 0.803. The minimum atomic E-state index is -4.01. The first-order valence-corrected chi connectivity index (χ1v) is 8.60. The summed E-state index contributed by atoms with van der Waals surface area (Å²) in [6.07, 6.45) is 2.54. The molecule has 2 aromatic heterocycles. The minimum Gasteiger partial charge on any atom is -0.478 e. The topological polar surface area (TPSA) is 138 Å². The minimum absolute atomic E-state index is 0.0734. The number of carboxylic acids is 1. The van der Waals surface area contributed by atoms with Crippen LogP contribution < -0.4 is 4.72 Å². The molecule has 0 amide bonds. The van der Waals surface area contributed by atoms with E-state index in [1.807, 2.05) is 6.07 Å². The van der Waals surface area contributed by atoms with Crippen molar-refractivity contribution in [1.29, 1.82) is 0 Å². The highest BCUT2D eigenvalue weighted by Gasteiger charge is 2.29. The molecule has 0 bridgehead atoms. The van der Waals surface area contributed by atoms with Gasteiger partial charge in [-0.05, 0) is 19.8 Å². The van der Waals surface area contributed by atoms with Crippen LogP contribution in [0.1, 0.15) is 46.3 Å². The first kappa shape index (κ1) is 15.7. The molecule has 0 aliphatic heterocycles. The Bertz CT molecular complexity index is 834. The Balaban J connectivity index is 1.65. The Morgan fingerprint density at radius 1 is 1.52 bits per heavy atom. The molecule has 3 N–H and O–H groups in total. The van der Waals surface area contributed by atoms with Crippen LogP contribution in [0.15, 0.2) is 15.6 Å². The number of nitrogens with zero attached hydrogens (tertiary/aromatic N) is 2. The largest absolute Gasteiger partial charge is 0.478 e. The molecule has 2 heterocycles. The number of aromatic nitrogens is 3. The molecular weight excluding hydrogens is 324 g/mol. The van der Waals surface area contributed by atoms with Crippen LogP contribution in [-0.2, 0) is 16.4 Å². The van der Waals surface area contributed by atoms with E-state index in [1.165, 1.54) is 6.92 Å². The number of hydrogen-bond acceptors (Lipinski definition) is 6. The van der Waals surface area contributed by atoms with Gasteiger partial charge in [-0.25, -0.2) is 17.9 Å². The quantitative estimate of drug-likeness (QED) is 0.677. The van der Waals surface area contributed by atoms with Gasteiger partial charge in [0.05, 0.1) is 5.69 Å². The van der Waals surface area contributed by atoms with Gasteiger partial charge in [-0.1, -0.05) is 5.16 Å². The van der Waals surface area contributed by atoms with Gasteiger partial charge in [0, 0.05) is 30.6 Å². The Labute approximate surface area is 132 Å². The molecular formula is C13H16N4O5S. The van der Waals surface area contributed by atoms with Crippen molar-refractivity contribution in [2.75, 3.05) is 6.54 Å². The first-order chi connectivity index (χ1) is 10.9. The zero-order valence-corrected chi connectivity index (χ0v) is 13.2. The molecule has 0 unspecified atom stereocenters. The lowest BCUT2D eigenvalue weighted by atomic mass is 10.2. The Morgan fingerprint density at radius 3 is 2.91 bits per heavy atom. The molecule has 9 nitrogen and oxygen atoms in total. The fourth-order valence-corrected chi connectivity index (χ4v) is 3.42. The number of sulfonamides is 1. The van der Waals surface area contributed by atoms with Gasteiger partial charge < -0.3 is 9.63 Å². The Kier molecular flexibility index (Phi) is 3.94. The van der Waals surface area contributed by atoms with Crippen molar-refractivity contribution in [3.8, 4) is 0 Å². The molecule has 1 aliphatic rings. The fraction of sp³-hybridized carbons (Fsp3) is 0.462. The van der Waals surface area contributed by atoms with E-state index in [4.69, 9.17) is 9.63 Å². The van der Waals surface area contributed by atoms with Gasteiger partial charge in [-0.2, -0.15) is 5.10 Å². The molecule has 0 saturated heterocycles. The number of nitrogens with one attached hydrogen (secondary N) is 2. The zero-order valence-electron chi connectivity index (χ0n) is 12.4. The van der Waals surface area contributed by atoms with E-state index in [2.05, 4.69) is 20.1 Å². The molecule has 1 fully saturated rings. The highest BCUT2D eigenvalue weighted by molar-refractivity contribution is 7.89. The molecule has 124 valence electrons. The summed E-state index contributed by atoms with van der Waals surface area (Å²) in [5, 5.41) is 18.4. The number of aryl methyl sites for hydroxylation is 1. The van der Waals surface area contributed by atoms with E-state index < -0.39 is 21.0 Å². The maximum absolute atomic E-state index is 12.2. The van der Waals surface area contributed by atoms with E-state index in [0.717, 1.165) is 18.6 Å². The van der Waals surface area contributed by atoms with Crippen molar-refractivity contribution < 1.29 is 22.8 Å². The van der Waals surface area contributed by atoms with Crippen molar-refractivity contribution in [2.45, 2.75) is 37.1 Å². The summed E-state index contributed by atoms with van der Waals surface area (Å²) in [4.78, 5) is 11.1. The van der Waals surface area contributed by atoms with Crippen LogP contribution in [0.4, 0.5) is 0 Å². The number of H-pyrrole nitrogens is 1. The van der Waals surface area contributed by atoms with Gasteiger partial charge in [-0.3, -0.25) is 5.10 Å². The molecule has 2 aromatic rings. The summed E-state index contributed by atoms with van der Waals surface area (Å²) in [5.41, 5.74) is 0.490. The van der Waals surface area contributed by atoms with Gasteiger partial charge in [-0.15, -0.1) is 0 Å². The summed E-state index contributed by atoms with van der Waals surface area (Å²) in [5.74, 6) is -0.0701. The predicted molar refractivity (Wildman–Crippen MR) is 77.7 cm³/mol. The van der Waals surface area contributed by atoms with Crippen LogP contribution in [-0.4, -0.2) is 41.4 Å². The number of aromatic carboxylic acids is 1. The van der Waals surface area contributed by atoms with Gasteiger partial charge in [0.1, 0.15) is 11.3 Å². The molecule has 3 rings (SSSR count). The Morgan fingerprint density at radius 2 is 2.26 bits per heavy atom. The van der Waals surface area contributed by atoms with Crippen LogP contribution in [0.2, 0.25) is 0 Å². The lowest BCUT2D eigenvalue weighted by molar-refractivity contribution is 0.0692. The van der Waals surface area contributed by atoms with Crippen LogP contribution in [0.5, 0.6) is 0 Å². The van der Waals surface area contributed by atoms with Crippen LogP contribution in [0.3, 0.4) is 0 Å². The van der Waals surface area contributed by atoms with Crippen molar-refractivity contribution in [3.05, 3.63) is 28.8 Å². The average molecular weight is 340 g/mol. The maximum atomic E-state index is 12.2. The van der Waals surface area contributed by atoms with E-state index in [1.54, 1.807) is 0 Å². The van der Waals surface area contributed by atoms with Crippen molar-refractivity contribution in [2.24, 2.45) is 0 Å². The van der Waals surface area contributed by atoms with Gasteiger partial charge in [0.25, 0.3) is 10.0 Å². The average Bonchev–Trinajstić information content (AvgIpc) is 3.08. The number of carboxylic acid groups (broad SMARTS) is 1. The third-order valence-electron chi connectivity index (χ3n) is 3.61. The molecule has 0 spiro atoms. The highest BCUT2D eigenvalue weighted by atomic mass is 32.2. The SMILES string of the molecule is Cc1[nH]nc(S(=O)(=O)NCCc2cc(C3CC3)on2)c1C(=O)O. The lowest BCUT2D eigenvalue weighted by Crippen LogP contribution is -2.27. The number of hydrogen-bond donors (Lipinski definition) is 3. The van der Waals surface area contributed by atoms with E-state index in [-0.39, 0.29) is 17.8 Å². The maximum Gasteiger partial charge on any atom is 0.340 e.